The molecule has 1 rings (SSSR count). The molecule has 0 radical (unpaired) electrons. The second-order valence-electron chi connectivity index (χ2n) is 4.18. The smallest absolute Gasteiger partial charge is 0.290 e. The lowest BCUT2D eigenvalue weighted by Crippen LogP contribution is -2.27. The summed E-state index contributed by atoms with van der Waals surface area (Å²) >= 11 is 0. The van der Waals surface area contributed by atoms with Crippen molar-refractivity contribution in [3.05, 3.63) is 16.0 Å². The minimum Gasteiger partial charge on any atom is -0.393 e. The summed E-state index contributed by atoms with van der Waals surface area (Å²) < 4.78 is 25.4. The molecule has 0 saturated heterocycles. The van der Waals surface area contributed by atoms with Crippen molar-refractivity contribution in [1.82, 2.24) is 9.36 Å². The maximum absolute atomic E-state index is 11.8. The van der Waals surface area contributed by atoms with Crippen LogP contribution in [0.1, 0.15) is 19.0 Å². The molecule has 17 heavy (non-hydrogen) atoms. The molecule has 1 aromatic rings. The summed E-state index contributed by atoms with van der Waals surface area (Å²) in [5.74, 6) is -0.0560. The minimum atomic E-state index is -3.09. The fourth-order valence-corrected chi connectivity index (χ4v) is 2.20. The van der Waals surface area contributed by atoms with Crippen molar-refractivity contribution in [1.29, 1.82) is 0 Å². The predicted molar refractivity (Wildman–Crippen MR) is 67.8 cm³/mol. The highest BCUT2D eigenvalue weighted by Gasteiger charge is 2.14. The molecule has 0 atom stereocenters. The van der Waals surface area contributed by atoms with Crippen molar-refractivity contribution in [2.75, 3.05) is 17.7 Å². The second-order valence-corrected chi connectivity index (χ2v) is 6.44. The average Bonchev–Trinajstić information content (AvgIpc) is 2.41. The number of rotatable bonds is 5. The highest BCUT2D eigenvalue weighted by atomic mass is 32.2. The van der Waals surface area contributed by atoms with Gasteiger partial charge in [-0.1, -0.05) is 6.92 Å². The molecule has 0 spiro atoms. The number of anilines is 1. The van der Waals surface area contributed by atoms with Gasteiger partial charge in [0.1, 0.15) is 15.5 Å². The molecule has 6 nitrogen and oxygen atoms in total. The zero-order valence-electron chi connectivity index (χ0n) is 10.4. The van der Waals surface area contributed by atoms with Crippen molar-refractivity contribution in [3.63, 3.8) is 0 Å². The molecule has 0 fully saturated rings. The maximum Gasteiger partial charge on any atom is 0.290 e. The van der Waals surface area contributed by atoms with Crippen LogP contribution in [0.2, 0.25) is 0 Å². The lowest BCUT2D eigenvalue weighted by atomic mass is 10.4. The number of hydrogen-bond donors (Lipinski definition) is 1. The maximum atomic E-state index is 11.8. The molecule has 0 aliphatic rings. The van der Waals surface area contributed by atoms with Gasteiger partial charge in [0.05, 0.1) is 18.0 Å². The number of aromatic nitrogens is 2. The molecular formula is C10H19N3O3S. The molecule has 0 aromatic carbocycles. The molecule has 98 valence electrons. The topological polar surface area (TPSA) is 87.1 Å². The monoisotopic (exact) mass is 261 g/mol. The Kier molecular flexibility index (Phi) is 4.03. The van der Waals surface area contributed by atoms with Crippen LogP contribution in [0.4, 0.5) is 5.69 Å². The standard InChI is InChI=1S/C10H19N3O3S/c1-4-5-12-8(2)9(11)10(14)13(12)6-7-17(3,15)16/h4-7,11H2,1-3H3. The number of nitrogens with zero attached hydrogens (tertiary/aromatic N) is 2. The van der Waals surface area contributed by atoms with Gasteiger partial charge in [-0.2, -0.15) is 0 Å². The molecule has 0 aliphatic heterocycles. The number of nitrogen functional groups attached to an aromatic ring is 1. The Morgan fingerprint density at radius 3 is 2.29 bits per heavy atom. The molecule has 1 heterocycles. The molecular weight excluding hydrogens is 242 g/mol. The van der Waals surface area contributed by atoms with E-state index in [1.54, 1.807) is 11.6 Å². The molecule has 0 unspecified atom stereocenters. The van der Waals surface area contributed by atoms with Gasteiger partial charge in [-0.15, -0.1) is 0 Å². The van der Waals surface area contributed by atoms with E-state index in [1.807, 2.05) is 6.92 Å². The fraction of sp³-hybridized carbons (Fsp3) is 0.700. The normalized spacial score (nSPS) is 11.9. The van der Waals surface area contributed by atoms with Gasteiger partial charge < -0.3 is 5.73 Å². The van der Waals surface area contributed by atoms with Gasteiger partial charge in [-0.3, -0.25) is 9.48 Å². The van der Waals surface area contributed by atoms with Crippen LogP contribution < -0.4 is 11.3 Å². The Balaban J connectivity index is 3.13. The first-order chi connectivity index (χ1) is 7.78. The Morgan fingerprint density at radius 1 is 1.24 bits per heavy atom. The Hall–Kier alpha value is -1.24. The third-order valence-corrected chi connectivity index (χ3v) is 3.57. The van der Waals surface area contributed by atoms with E-state index in [1.165, 1.54) is 4.68 Å². The van der Waals surface area contributed by atoms with Crippen LogP contribution >= 0.6 is 0 Å². The quantitative estimate of drug-likeness (QED) is 0.808. The predicted octanol–water partition coefficient (Wildman–Crippen LogP) is -0.00498. The molecule has 0 amide bonds. The zero-order valence-corrected chi connectivity index (χ0v) is 11.2. The Bertz CT molecular complexity index is 554. The van der Waals surface area contributed by atoms with Gasteiger partial charge in [0.25, 0.3) is 5.56 Å². The summed E-state index contributed by atoms with van der Waals surface area (Å²) in [4.78, 5) is 11.8. The summed E-state index contributed by atoms with van der Waals surface area (Å²) in [7, 11) is -3.09. The summed E-state index contributed by atoms with van der Waals surface area (Å²) in [6.07, 6.45) is 2.01. The van der Waals surface area contributed by atoms with Crippen molar-refractivity contribution < 1.29 is 8.42 Å². The van der Waals surface area contributed by atoms with E-state index in [-0.39, 0.29) is 23.5 Å². The van der Waals surface area contributed by atoms with Gasteiger partial charge in [0.15, 0.2) is 0 Å². The van der Waals surface area contributed by atoms with E-state index in [0.29, 0.717) is 12.2 Å². The zero-order chi connectivity index (χ0) is 13.2. The van der Waals surface area contributed by atoms with Gasteiger partial charge in [-0.05, 0) is 13.3 Å². The molecule has 0 saturated carbocycles. The van der Waals surface area contributed by atoms with Crippen LogP contribution in [0.25, 0.3) is 0 Å². The summed E-state index contributed by atoms with van der Waals surface area (Å²) in [6.45, 7) is 4.56. The first-order valence-corrected chi connectivity index (χ1v) is 7.57. The van der Waals surface area contributed by atoms with Gasteiger partial charge in [-0.25, -0.2) is 13.1 Å². The van der Waals surface area contributed by atoms with E-state index >= 15 is 0 Å². The van der Waals surface area contributed by atoms with Crippen LogP contribution in [0.3, 0.4) is 0 Å². The van der Waals surface area contributed by atoms with E-state index < -0.39 is 9.84 Å². The van der Waals surface area contributed by atoms with Crippen molar-refractivity contribution in [2.24, 2.45) is 0 Å². The second kappa shape index (κ2) is 4.95. The lowest BCUT2D eigenvalue weighted by Gasteiger charge is -2.11. The van der Waals surface area contributed by atoms with Crippen LogP contribution in [0, 0.1) is 6.92 Å². The van der Waals surface area contributed by atoms with E-state index in [4.69, 9.17) is 5.73 Å². The lowest BCUT2D eigenvalue weighted by molar-refractivity contribution is 0.445. The van der Waals surface area contributed by atoms with Gasteiger partial charge >= 0.3 is 0 Å². The van der Waals surface area contributed by atoms with Crippen LogP contribution in [0.5, 0.6) is 0 Å². The Labute approximate surface area is 101 Å². The molecule has 1 aromatic heterocycles. The van der Waals surface area contributed by atoms with E-state index in [0.717, 1.165) is 12.7 Å². The number of hydrogen-bond acceptors (Lipinski definition) is 4. The minimum absolute atomic E-state index is 0.0560. The molecule has 0 aliphatic carbocycles. The molecule has 7 heteroatoms. The van der Waals surface area contributed by atoms with Crippen molar-refractivity contribution in [2.45, 2.75) is 33.4 Å². The van der Waals surface area contributed by atoms with E-state index in [9.17, 15) is 13.2 Å². The molecule has 0 bridgehead atoms. The average molecular weight is 261 g/mol. The van der Waals surface area contributed by atoms with Crippen molar-refractivity contribution in [3.8, 4) is 0 Å². The highest BCUT2D eigenvalue weighted by molar-refractivity contribution is 7.90. The van der Waals surface area contributed by atoms with E-state index in [2.05, 4.69) is 0 Å². The third-order valence-electron chi connectivity index (χ3n) is 2.64. The highest BCUT2D eigenvalue weighted by Crippen LogP contribution is 2.07. The summed E-state index contributed by atoms with van der Waals surface area (Å²) in [6, 6.07) is 0. The largest absolute Gasteiger partial charge is 0.393 e. The van der Waals surface area contributed by atoms with Gasteiger partial charge in [0, 0.05) is 12.8 Å². The Morgan fingerprint density at radius 2 is 1.82 bits per heavy atom. The fourth-order valence-electron chi connectivity index (χ4n) is 1.70. The van der Waals surface area contributed by atoms with Gasteiger partial charge in [0.2, 0.25) is 0 Å². The summed E-state index contributed by atoms with van der Waals surface area (Å²) in [5.41, 5.74) is 6.26. The van der Waals surface area contributed by atoms with Crippen molar-refractivity contribution >= 4 is 15.5 Å². The van der Waals surface area contributed by atoms with Crippen LogP contribution in [0.15, 0.2) is 4.79 Å². The van der Waals surface area contributed by atoms with Crippen LogP contribution in [-0.2, 0) is 22.9 Å². The first-order valence-electron chi connectivity index (χ1n) is 5.51. The molecule has 2 N–H and O–H groups in total. The van der Waals surface area contributed by atoms with Crippen LogP contribution in [-0.4, -0.2) is 29.8 Å². The summed E-state index contributed by atoms with van der Waals surface area (Å²) in [5, 5.41) is 0. The number of nitrogens with two attached hydrogens (primary N) is 1. The third kappa shape index (κ3) is 3.12. The first kappa shape index (κ1) is 13.8. The number of sulfone groups is 1. The SMILES string of the molecule is CCCn1c(C)c(N)c(=O)n1CCS(C)(=O)=O.